The normalized spacial score (nSPS) is 18.9. The van der Waals surface area contributed by atoms with Crippen molar-refractivity contribution in [3.8, 4) is 11.8 Å². The van der Waals surface area contributed by atoms with E-state index in [1.54, 1.807) is 12.1 Å². The Hall–Kier alpha value is -1.96. The second kappa shape index (κ2) is 5.35. The lowest BCUT2D eigenvalue weighted by molar-refractivity contribution is -0.139. The number of benzene rings is 1. The van der Waals surface area contributed by atoms with Crippen molar-refractivity contribution in [1.82, 2.24) is 0 Å². The van der Waals surface area contributed by atoms with Crippen molar-refractivity contribution in [3.05, 3.63) is 41.5 Å². The Balaban J connectivity index is 2.31. The van der Waals surface area contributed by atoms with Gasteiger partial charge in [0, 0.05) is 0 Å². The summed E-state index contributed by atoms with van der Waals surface area (Å²) in [5.74, 6) is -0.219. The molecular formula is C14H12F3NO. The fraction of sp³-hybridized carbons (Fsp3) is 0.357. The average Bonchev–Trinajstić information content (AvgIpc) is 2.39. The molecule has 1 atom stereocenters. The van der Waals surface area contributed by atoms with Crippen LogP contribution in [0.5, 0.6) is 5.75 Å². The topological polar surface area (TPSA) is 33.0 Å². The van der Waals surface area contributed by atoms with Crippen molar-refractivity contribution in [3.63, 3.8) is 0 Å². The van der Waals surface area contributed by atoms with Crippen molar-refractivity contribution in [2.45, 2.75) is 31.5 Å². The molecule has 1 aromatic rings. The monoisotopic (exact) mass is 267 g/mol. The highest BCUT2D eigenvalue weighted by molar-refractivity contribution is 5.43. The second-order valence-electron chi connectivity index (χ2n) is 4.34. The van der Waals surface area contributed by atoms with Crippen LogP contribution < -0.4 is 4.74 Å². The molecule has 1 aromatic carbocycles. The molecule has 0 aliphatic heterocycles. The molecule has 1 aliphatic rings. The molecule has 0 bridgehead atoms. The van der Waals surface area contributed by atoms with Gasteiger partial charge in [0.1, 0.15) is 11.9 Å². The Morgan fingerprint density at radius 2 is 2.11 bits per heavy atom. The Labute approximate surface area is 109 Å². The van der Waals surface area contributed by atoms with Gasteiger partial charge in [0.15, 0.2) is 0 Å². The fourth-order valence-electron chi connectivity index (χ4n) is 1.97. The first-order valence-electron chi connectivity index (χ1n) is 5.95. The van der Waals surface area contributed by atoms with Gasteiger partial charge in [-0.1, -0.05) is 6.08 Å². The SMILES string of the molecule is N#Cc1ccc(OC2C=CCCC2)c(C(F)(F)F)c1. The molecule has 0 heterocycles. The van der Waals surface area contributed by atoms with Gasteiger partial charge in [0.2, 0.25) is 0 Å². The maximum atomic E-state index is 12.9. The summed E-state index contributed by atoms with van der Waals surface area (Å²) < 4.78 is 44.1. The first-order chi connectivity index (χ1) is 9.00. The third-order valence-corrected chi connectivity index (χ3v) is 2.90. The quantitative estimate of drug-likeness (QED) is 0.757. The van der Waals surface area contributed by atoms with E-state index in [1.165, 1.54) is 12.1 Å². The molecule has 0 saturated heterocycles. The first-order valence-corrected chi connectivity index (χ1v) is 5.95. The van der Waals surface area contributed by atoms with Gasteiger partial charge < -0.3 is 4.74 Å². The zero-order valence-electron chi connectivity index (χ0n) is 10.1. The van der Waals surface area contributed by atoms with Crippen molar-refractivity contribution < 1.29 is 17.9 Å². The molecule has 0 radical (unpaired) electrons. The lowest BCUT2D eigenvalue weighted by Gasteiger charge is -2.21. The van der Waals surface area contributed by atoms with Gasteiger partial charge in [-0.15, -0.1) is 0 Å². The zero-order chi connectivity index (χ0) is 13.9. The highest BCUT2D eigenvalue weighted by atomic mass is 19.4. The van der Waals surface area contributed by atoms with Gasteiger partial charge in [-0.05, 0) is 43.5 Å². The molecule has 1 unspecified atom stereocenters. The van der Waals surface area contributed by atoms with Crippen LogP contribution in [0.1, 0.15) is 30.4 Å². The molecule has 19 heavy (non-hydrogen) atoms. The molecule has 0 aromatic heterocycles. The standard InChI is InChI=1S/C14H12F3NO/c15-14(16,17)12-8-10(9-18)6-7-13(12)19-11-4-2-1-3-5-11/h2,4,6-8,11H,1,3,5H2. The number of nitrogens with zero attached hydrogens (tertiary/aromatic N) is 1. The van der Waals surface area contributed by atoms with Gasteiger partial charge in [-0.2, -0.15) is 18.4 Å². The highest BCUT2D eigenvalue weighted by Crippen LogP contribution is 2.37. The summed E-state index contributed by atoms with van der Waals surface area (Å²) in [6.45, 7) is 0. The molecule has 0 saturated carbocycles. The van der Waals surface area contributed by atoms with Crippen LogP contribution in [-0.2, 0) is 6.18 Å². The molecule has 100 valence electrons. The summed E-state index contributed by atoms with van der Waals surface area (Å²) >= 11 is 0. The summed E-state index contributed by atoms with van der Waals surface area (Å²) in [6.07, 6.45) is 1.36. The van der Waals surface area contributed by atoms with Crippen LogP contribution in [-0.4, -0.2) is 6.10 Å². The van der Waals surface area contributed by atoms with E-state index in [1.807, 2.05) is 6.08 Å². The largest absolute Gasteiger partial charge is 0.486 e. The maximum Gasteiger partial charge on any atom is 0.420 e. The zero-order valence-corrected chi connectivity index (χ0v) is 10.1. The molecule has 0 fully saturated rings. The minimum absolute atomic E-state index is 0.0288. The van der Waals surface area contributed by atoms with Gasteiger partial charge in [-0.25, -0.2) is 0 Å². The van der Waals surface area contributed by atoms with E-state index in [2.05, 4.69) is 0 Å². The van der Waals surface area contributed by atoms with Gasteiger partial charge in [0.05, 0.1) is 17.2 Å². The molecular weight excluding hydrogens is 255 g/mol. The lowest BCUT2D eigenvalue weighted by atomic mass is 10.0. The van der Waals surface area contributed by atoms with E-state index in [0.29, 0.717) is 6.42 Å². The average molecular weight is 267 g/mol. The van der Waals surface area contributed by atoms with Crippen LogP contribution in [0.3, 0.4) is 0 Å². The van der Waals surface area contributed by atoms with E-state index < -0.39 is 11.7 Å². The maximum absolute atomic E-state index is 12.9. The third kappa shape index (κ3) is 3.28. The van der Waals surface area contributed by atoms with E-state index in [9.17, 15) is 13.2 Å². The molecule has 1 aliphatic carbocycles. The van der Waals surface area contributed by atoms with E-state index in [0.717, 1.165) is 18.9 Å². The fourth-order valence-corrected chi connectivity index (χ4v) is 1.97. The summed E-state index contributed by atoms with van der Waals surface area (Å²) in [7, 11) is 0. The number of halogens is 3. The minimum Gasteiger partial charge on any atom is -0.486 e. The number of allylic oxidation sites excluding steroid dienone is 1. The number of alkyl halides is 3. The second-order valence-corrected chi connectivity index (χ2v) is 4.34. The van der Waals surface area contributed by atoms with Crippen LogP contribution in [0.2, 0.25) is 0 Å². The van der Waals surface area contributed by atoms with Gasteiger partial charge in [0.25, 0.3) is 0 Å². The van der Waals surface area contributed by atoms with Crippen LogP contribution in [0.15, 0.2) is 30.4 Å². The summed E-state index contributed by atoms with van der Waals surface area (Å²) in [6, 6.07) is 5.06. The van der Waals surface area contributed by atoms with Crippen LogP contribution in [0.4, 0.5) is 13.2 Å². The first kappa shape index (κ1) is 13.5. The third-order valence-electron chi connectivity index (χ3n) is 2.90. The number of hydrogen-bond donors (Lipinski definition) is 0. The number of nitriles is 1. The Morgan fingerprint density at radius 1 is 1.32 bits per heavy atom. The molecule has 0 amide bonds. The van der Waals surface area contributed by atoms with Crippen LogP contribution in [0, 0.1) is 11.3 Å². The molecule has 0 spiro atoms. The van der Waals surface area contributed by atoms with Crippen LogP contribution >= 0.6 is 0 Å². The summed E-state index contributed by atoms with van der Waals surface area (Å²) in [5, 5.41) is 8.67. The Bertz CT molecular complexity index is 528. The van der Waals surface area contributed by atoms with Gasteiger partial charge >= 0.3 is 6.18 Å². The predicted molar refractivity (Wildman–Crippen MR) is 63.6 cm³/mol. The van der Waals surface area contributed by atoms with E-state index in [-0.39, 0.29) is 17.4 Å². The predicted octanol–water partition coefficient (Wildman–Crippen LogP) is 4.06. The Kier molecular flexibility index (Phi) is 3.79. The molecule has 2 nitrogen and oxygen atoms in total. The minimum atomic E-state index is -4.53. The summed E-state index contributed by atoms with van der Waals surface area (Å²) in [4.78, 5) is 0. The summed E-state index contributed by atoms with van der Waals surface area (Å²) in [5.41, 5.74) is -0.926. The van der Waals surface area contributed by atoms with E-state index in [4.69, 9.17) is 10.00 Å². The molecule has 0 N–H and O–H groups in total. The number of hydrogen-bond acceptors (Lipinski definition) is 2. The molecule has 5 heteroatoms. The lowest BCUT2D eigenvalue weighted by Crippen LogP contribution is -2.18. The van der Waals surface area contributed by atoms with E-state index >= 15 is 0 Å². The van der Waals surface area contributed by atoms with Crippen molar-refractivity contribution in [1.29, 1.82) is 5.26 Å². The number of ether oxygens (including phenoxy) is 1. The molecule has 2 rings (SSSR count). The van der Waals surface area contributed by atoms with Crippen molar-refractivity contribution in [2.75, 3.05) is 0 Å². The Morgan fingerprint density at radius 3 is 2.68 bits per heavy atom. The highest BCUT2D eigenvalue weighted by Gasteiger charge is 2.35. The van der Waals surface area contributed by atoms with Crippen molar-refractivity contribution in [2.24, 2.45) is 0 Å². The number of rotatable bonds is 2. The van der Waals surface area contributed by atoms with Gasteiger partial charge in [-0.3, -0.25) is 0 Å². The smallest absolute Gasteiger partial charge is 0.420 e. The van der Waals surface area contributed by atoms with Crippen molar-refractivity contribution >= 4 is 0 Å². The van der Waals surface area contributed by atoms with Crippen LogP contribution in [0.25, 0.3) is 0 Å².